The Bertz CT molecular complexity index is 651. The van der Waals surface area contributed by atoms with E-state index in [4.69, 9.17) is 0 Å². The molecule has 0 unspecified atom stereocenters. The monoisotopic (exact) mass is 322 g/mol. The van der Waals surface area contributed by atoms with Crippen LogP contribution in [0, 0.1) is 6.92 Å². The molecule has 1 aliphatic heterocycles. The van der Waals surface area contributed by atoms with Crippen LogP contribution in [-0.2, 0) is 17.8 Å². The largest absolute Gasteiger partial charge is 0.352 e. The normalized spacial score (nSPS) is 18.3. The molecular formula is C21H26N2O. The van der Waals surface area contributed by atoms with E-state index in [1.165, 1.54) is 11.1 Å². The van der Waals surface area contributed by atoms with E-state index in [9.17, 15) is 4.79 Å². The minimum atomic E-state index is 0.130. The number of aryl methyl sites for hydroxylation is 1. The van der Waals surface area contributed by atoms with E-state index in [-0.39, 0.29) is 11.9 Å². The number of likely N-dealkylation sites (tertiary alicyclic amines) is 1. The molecule has 0 saturated carbocycles. The highest BCUT2D eigenvalue weighted by Crippen LogP contribution is 2.14. The van der Waals surface area contributed by atoms with E-state index in [0.717, 1.165) is 38.0 Å². The second-order valence-electron chi connectivity index (χ2n) is 6.79. The lowest BCUT2D eigenvalue weighted by Crippen LogP contribution is -2.47. The molecule has 3 nitrogen and oxygen atoms in total. The highest BCUT2D eigenvalue weighted by atomic mass is 16.1. The number of benzene rings is 2. The van der Waals surface area contributed by atoms with Gasteiger partial charge in [0.05, 0.1) is 6.42 Å². The Morgan fingerprint density at radius 1 is 1.08 bits per heavy atom. The molecule has 0 spiro atoms. The molecular weight excluding hydrogens is 296 g/mol. The number of hydrogen-bond donors (Lipinski definition) is 1. The maximum absolute atomic E-state index is 12.3. The van der Waals surface area contributed by atoms with Crippen molar-refractivity contribution in [1.29, 1.82) is 0 Å². The van der Waals surface area contributed by atoms with Crippen LogP contribution in [-0.4, -0.2) is 29.9 Å². The first-order valence-electron chi connectivity index (χ1n) is 8.80. The molecule has 2 aromatic carbocycles. The molecule has 0 radical (unpaired) electrons. The molecule has 2 aromatic rings. The van der Waals surface area contributed by atoms with Crippen molar-refractivity contribution in [2.75, 3.05) is 13.1 Å². The number of amides is 1. The maximum Gasteiger partial charge on any atom is 0.224 e. The lowest BCUT2D eigenvalue weighted by molar-refractivity contribution is -0.121. The molecule has 1 aliphatic rings. The van der Waals surface area contributed by atoms with Gasteiger partial charge in [-0.2, -0.15) is 0 Å². The molecule has 3 rings (SSSR count). The van der Waals surface area contributed by atoms with Crippen molar-refractivity contribution in [3.63, 3.8) is 0 Å². The van der Waals surface area contributed by atoms with Crippen LogP contribution in [0.25, 0.3) is 0 Å². The molecule has 3 heteroatoms. The van der Waals surface area contributed by atoms with Crippen LogP contribution in [0.3, 0.4) is 0 Å². The SMILES string of the molecule is Cc1ccc(CC(=O)N[C@@H]2CCCN(Cc3ccccc3)C2)cc1. The summed E-state index contributed by atoms with van der Waals surface area (Å²) in [5, 5.41) is 3.22. The van der Waals surface area contributed by atoms with Gasteiger partial charge in [-0.1, -0.05) is 60.2 Å². The topological polar surface area (TPSA) is 32.3 Å². The number of piperidine rings is 1. The number of carbonyl (C=O) groups excluding carboxylic acids is 1. The van der Waals surface area contributed by atoms with Gasteiger partial charge in [0.1, 0.15) is 0 Å². The summed E-state index contributed by atoms with van der Waals surface area (Å²) in [6.45, 7) is 5.08. The van der Waals surface area contributed by atoms with Gasteiger partial charge in [-0.15, -0.1) is 0 Å². The van der Waals surface area contributed by atoms with Crippen molar-refractivity contribution in [2.45, 2.75) is 38.8 Å². The van der Waals surface area contributed by atoms with Crippen LogP contribution < -0.4 is 5.32 Å². The van der Waals surface area contributed by atoms with Crippen LogP contribution in [0.15, 0.2) is 54.6 Å². The molecule has 0 bridgehead atoms. The van der Waals surface area contributed by atoms with Crippen molar-refractivity contribution >= 4 is 5.91 Å². The molecule has 126 valence electrons. The molecule has 1 saturated heterocycles. The summed E-state index contributed by atoms with van der Waals surface area (Å²) in [7, 11) is 0. The van der Waals surface area contributed by atoms with Gasteiger partial charge in [-0.25, -0.2) is 0 Å². The number of hydrogen-bond acceptors (Lipinski definition) is 2. The lowest BCUT2D eigenvalue weighted by atomic mass is 10.0. The Hall–Kier alpha value is -2.13. The zero-order valence-electron chi connectivity index (χ0n) is 14.4. The van der Waals surface area contributed by atoms with Gasteiger partial charge < -0.3 is 5.32 Å². The standard InChI is InChI=1S/C21H26N2O/c1-17-9-11-18(12-10-17)14-21(24)22-20-8-5-13-23(16-20)15-19-6-3-2-4-7-19/h2-4,6-7,9-12,20H,5,8,13-16H2,1H3,(H,22,24)/t20-/m1/s1. The molecule has 24 heavy (non-hydrogen) atoms. The van der Waals surface area contributed by atoms with Gasteiger partial charge in [-0.3, -0.25) is 9.69 Å². The first kappa shape index (κ1) is 16.7. The number of nitrogens with zero attached hydrogens (tertiary/aromatic N) is 1. The third-order valence-corrected chi connectivity index (χ3v) is 4.60. The molecule has 1 heterocycles. The quantitative estimate of drug-likeness (QED) is 0.916. The van der Waals surface area contributed by atoms with Crippen molar-refractivity contribution in [2.24, 2.45) is 0 Å². The second kappa shape index (κ2) is 8.11. The van der Waals surface area contributed by atoms with Crippen molar-refractivity contribution in [3.8, 4) is 0 Å². The fourth-order valence-electron chi connectivity index (χ4n) is 3.33. The third kappa shape index (κ3) is 4.93. The summed E-state index contributed by atoms with van der Waals surface area (Å²) in [6, 6.07) is 19.0. The third-order valence-electron chi connectivity index (χ3n) is 4.60. The van der Waals surface area contributed by atoms with E-state index >= 15 is 0 Å². The average Bonchev–Trinajstić information content (AvgIpc) is 2.58. The van der Waals surface area contributed by atoms with Gasteiger partial charge in [0, 0.05) is 19.1 Å². The fraction of sp³-hybridized carbons (Fsp3) is 0.381. The molecule has 1 amide bonds. The first-order valence-corrected chi connectivity index (χ1v) is 8.80. The molecule has 1 N–H and O–H groups in total. The minimum Gasteiger partial charge on any atom is -0.352 e. The average molecular weight is 322 g/mol. The Morgan fingerprint density at radius 3 is 2.58 bits per heavy atom. The van der Waals surface area contributed by atoms with Gasteiger partial charge >= 0.3 is 0 Å². The van der Waals surface area contributed by atoms with Crippen molar-refractivity contribution in [1.82, 2.24) is 10.2 Å². The van der Waals surface area contributed by atoms with Gasteiger partial charge in [0.25, 0.3) is 0 Å². The summed E-state index contributed by atoms with van der Waals surface area (Å²) in [4.78, 5) is 14.7. The summed E-state index contributed by atoms with van der Waals surface area (Å²) in [5.74, 6) is 0.130. The van der Waals surface area contributed by atoms with Gasteiger partial charge in [-0.05, 0) is 37.4 Å². The molecule has 0 aromatic heterocycles. The van der Waals surface area contributed by atoms with Crippen LogP contribution in [0.5, 0.6) is 0 Å². The Kier molecular flexibility index (Phi) is 5.65. The van der Waals surface area contributed by atoms with Crippen LogP contribution in [0.1, 0.15) is 29.5 Å². The van der Waals surface area contributed by atoms with Gasteiger partial charge in [0.15, 0.2) is 0 Å². The Labute approximate surface area is 144 Å². The summed E-state index contributed by atoms with van der Waals surface area (Å²) >= 11 is 0. The predicted octanol–water partition coefficient (Wildman–Crippen LogP) is 3.32. The van der Waals surface area contributed by atoms with Crippen LogP contribution in [0.4, 0.5) is 0 Å². The van der Waals surface area contributed by atoms with Crippen molar-refractivity contribution in [3.05, 3.63) is 71.3 Å². The van der Waals surface area contributed by atoms with E-state index in [1.54, 1.807) is 0 Å². The number of rotatable bonds is 5. The summed E-state index contributed by atoms with van der Waals surface area (Å²) < 4.78 is 0. The highest BCUT2D eigenvalue weighted by Gasteiger charge is 2.21. The Morgan fingerprint density at radius 2 is 1.83 bits per heavy atom. The molecule has 1 fully saturated rings. The van der Waals surface area contributed by atoms with Gasteiger partial charge in [0.2, 0.25) is 5.91 Å². The van der Waals surface area contributed by atoms with E-state index in [0.29, 0.717) is 6.42 Å². The van der Waals surface area contributed by atoms with Crippen molar-refractivity contribution < 1.29 is 4.79 Å². The van der Waals surface area contributed by atoms with E-state index < -0.39 is 0 Å². The zero-order chi connectivity index (χ0) is 16.8. The highest BCUT2D eigenvalue weighted by molar-refractivity contribution is 5.78. The minimum absolute atomic E-state index is 0.130. The summed E-state index contributed by atoms with van der Waals surface area (Å²) in [6.07, 6.45) is 2.68. The lowest BCUT2D eigenvalue weighted by Gasteiger charge is -2.33. The molecule has 1 atom stereocenters. The Balaban J connectivity index is 1.49. The van der Waals surface area contributed by atoms with Crippen LogP contribution in [0.2, 0.25) is 0 Å². The first-order chi connectivity index (χ1) is 11.7. The van der Waals surface area contributed by atoms with E-state index in [2.05, 4.69) is 53.5 Å². The summed E-state index contributed by atoms with van der Waals surface area (Å²) in [5.41, 5.74) is 3.64. The number of nitrogens with one attached hydrogen (secondary N) is 1. The molecule has 0 aliphatic carbocycles. The number of carbonyl (C=O) groups is 1. The van der Waals surface area contributed by atoms with E-state index in [1.807, 2.05) is 18.2 Å². The van der Waals surface area contributed by atoms with Crippen LogP contribution >= 0.6 is 0 Å². The smallest absolute Gasteiger partial charge is 0.224 e. The predicted molar refractivity (Wildman–Crippen MR) is 97.8 cm³/mol. The maximum atomic E-state index is 12.3. The fourth-order valence-corrected chi connectivity index (χ4v) is 3.33. The second-order valence-corrected chi connectivity index (χ2v) is 6.79. The zero-order valence-corrected chi connectivity index (χ0v) is 14.4.